The molecule has 2 aliphatic rings. The van der Waals surface area contributed by atoms with E-state index in [-0.39, 0.29) is 10.6 Å². The van der Waals surface area contributed by atoms with Gasteiger partial charge in [0.2, 0.25) is 10.0 Å². The largest absolute Gasteiger partial charge is 0.464 e. The molecule has 0 radical (unpaired) electrons. The molecule has 24 heavy (non-hydrogen) atoms. The number of carbonyl (C=O) groups is 1. The fourth-order valence-electron chi connectivity index (χ4n) is 3.63. The minimum Gasteiger partial charge on any atom is -0.464 e. The molecule has 0 bridgehead atoms. The summed E-state index contributed by atoms with van der Waals surface area (Å²) in [5, 5.41) is 0. The maximum Gasteiger partial charge on any atom is 0.354 e. The van der Waals surface area contributed by atoms with E-state index in [4.69, 9.17) is 0 Å². The monoisotopic (exact) mass is 355 g/mol. The molecule has 3 heterocycles. The number of nitrogens with zero attached hydrogens (tertiary/aromatic N) is 2. The number of esters is 1. The number of piperidine rings is 2. The standard InChI is InChI=1S/C16H25N3O4S/c1-23-16(20)15-11-14(12-17-15)24(21,22)19-9-5-13(6-10-19)18-7-3-2-4-8-18/h11-13,17H,2-10H2,1H3. The first-order valence-electron chi connectivity index (χ1n) is 8.53. The Kier molecular flexibility index (Phi) is 5.27. The van der Waals surface area contributed by atoms with E-state index >= 15 is 0 Å². The Bertz CT molecular complexity index is 671. The SMILES string of the molecule is COC(=O)c1cc(S(=O)(=O)N2CCC(N3CCCCC3)CC2)c[nH]1. The zero-order valence-corrected chi connectivity index (χ0v) is 14.8. The molecule has 0 aromatic carbocycles. The molecule has 0 spiro atoms. The Balaban J connectivity index is 1.64. The number of sulfonamides is 1. The van der Waals surface area contributed by atoms with Crippen molar-refractivity contribution in [1.82, 2.24) is 14.2 Å². The van der Waals surface area contributed by atoms with Gasteiger partial charge >= 0.3 is 5.97 Å². The van der Waals surface area contributed by atoms with E-state index in [0.29, 0.717) is 19.1 Å². The molecule has 2 saturated heterocycles. The summed E-state index contributed by atoms with van der Waals surface area (Å²) in [5.41, 5.74) is 0.152. The zero-order valence-electron chi connectivity index (χ0n) is 14.0. The van der Waals surface area contributed by atoms with Gasteiger partial charge in [0.1, 0.15) is 10.6 Å². The van der Waals surface area contributed by atoms with Gasteiger partial charge in [0, 0.05) is 25.3 Å². The van der Waals surface area contributed by atoms with Crippen LogP contribution in [0.15, 0.2) is 17.2 Å². The highest BCUT2D eigenvalue weighted by Crippen LogP contribution is 2.25. The van der Waals surface area contributed by atoms with Crippen LogP contribution < -0.4 is 0 Å². The van der Waals surface area contributed by atoms with Crippen molar-refractivity contribution < 1.29 is 17.9 Å². The Labute approximate surface area is 143 Å². The van der Waals surface area contributed by atoms with Gasteiger partial charge in [-0.3, -0.25) is 0 Å². The molecule has 1 N–H and O–H groups in total. The van der Waals surface area contributed by atoms with Gasteiger partial charge in [-0.05, 0) is 44.8 Å². The molecule has 0 atom stereocenters. The molecule has 2 aliphatic heterocycles. The van der Waals surface area contributed by atoms with Gasteiger partial charge in [-0.15, -0.1) is 0 Å². The summed E-state index contributed by atoms with van der Waals surface area (Å²) < 4.78 is 31.6. The van der Waals surface area contributed by atoms with E-state index < -0.39 is 16.0 Å². The van der Waals surface area contributed by atoms with Crippen LogP contribution in [0.25, 0.3) is 0 Å². The molecular weight excluding hydrogens is 330 g/mol. The maximum absolute atomic E-state index is 12.7. The molecule has 1 aromatic rings. The lowest BCUT2D eigenvalue weighted by Gasteiger charge is -2.39. The van der Waals surface area contributed by atoms with Gasteiger partial charge in [-0.25, -0.2) is 13.2 Å². The third kappa shape index (κ3) is 3.50. The number of aromatic nitrogens is 1. The Morgan fingerprint density at radius 3 is 2.46 bits per heavy atom. The van der Waals surface area contributed by atoms with Gasteiger partial charge in [-0.1, -0.05) is 6.42 Å². The van der Waals surface area contributed by atoms with E-state index in [9.17, 15) is 13.2 Å². The third-order valence-electron chi connectivity index (χ3n) is 5.03. The number of likely N-dealkylation sites (tertiary alicyclic amines) is 1. The summed E-state index contributed by atoms with van der Waals surface area (Å²) in [6, 6.07) is 1.84. The quantitative estimate of drug-likeness (QED) is 0.827. The number of carbonyl (C=O) groups excluding carboxylic acids is 1. The molecule has 0 saturated carbocycles. The Hall–Kier alpha value is -1.38. The van der Waals surface area contributed by atoms with Crippen LogP contribution >= 0.6 is 0 Å². The van der Waals surface area contributed by atoms with Crippen molar-refractivity contribution in [2.24, 2.45) is 0 Å². The molecule has 0 unspecified atom stereocenters. The number of rotatable bonds is 4. The van der Waals surface area contributed by atoms with E-state index in [0.717, 1.165) is 25.9 Å². The zero-order chi connectivity index (χ0) is 17.2. The topological polar surface area (TPSA) is 82.7 Å². The second kappa shape index (κ2) is 7.25. The van der Waals surface area contributed by atoms with E-state index in [1.807, 2.05) is 0 Å². The summed E-state index contributed by atoms with van der Waals surface area (Å²) in [7, 11) is -2.29. The van der Waals surface area contributed by atoms with Gasteiger partial charge in [0.25, 0.3) is 0 Å². The lowest BCUT2D eigenvalue weighted by molar-refractivity contribution is 0.0594. The molecule has 3 rings (SSSR count). The molecule has 2 fully saturated rings. The highest BCUT2D eigenvalue weighted by atomic mass is 32.2. The van der Waals surface area contributed by atoms with E-state index in [1.54, 1.807) is 0 Å². The Morgan fingerprint density at radius 1 is 1.17 bits per heavy atom. The molecule has 7 nitrogen and oxygen atoms in total. The lowest BCUT2D eigenvalue weighted by atomic mass is 10.0. The van der Waals surface area contributed by atoms with Crippen LogP contribution in [0.4, 0.5) is 0 Å². The molecule has 1 aromatic heterocycles. The van der Waals surface area contributed by atoms with Crippen LogP contribution in [0.5, 0.6) is 0 Å². The fraction of sp³-hybridized carbons (Fsp3) is 0.688. The van der Waals surface area contributed by atoms with Crippen molar-refractivity contribution in [3.8, 4) is 0 Å². The van der Waals surface area contributed by atoms with Crippen molar-refractivity contribution in [3.05, 3.63) is 18.0 Å². The molecule has 8 heteroatoms. The maximum atomic E-state index is 12.7. The number of ether oxygens (including phenoxy) is 1. The van der Waals surface area contributed by atoms with Crippen LogP contribution in [0.2, 0.25) is 0 Å². The van der Waals surface area contributed by atoms with Crippen LogP contribution in [-0.4, -0.2) is 67.9 Å². The highest BCUT2D eigenvalue weighted by molar-refractivity contribution is 7.89. The van der Waals surface area contributed by atoms with Gasteiger partial charge in [-0.2, -0.15) is 4.31 Å². The summed E-state index contributed by atoms with van der Waals surface area (Å²) in [5.74, 6) is -0.569. The van der Waals surface area contributed by atoms with Crippen molar-refractivity contribution >= 4 is 16.0 Å². The molecular formula is C16H25N3O4S. The number of H-pyrrole nitrogens is 1. The minimum absolute atomic E-state index is 0.124. The lowest BCUT2D eigenvalue weighted by Crippen LogP contribution is -2.48. The highest BCUT2D eigenvalue weighted by Gasteiger charge is 2.32. The summed E-state index contributed by atoms with van der Waals surface area (Å²) >= 11 is 0. The second-order valence-corrected chi connectivity index (χ2v) is 8.41. The predicted molar refractivity (Wildman–Crippen MR) is 89.3 cm³/mol. The van der Waals surface area contributed by atoms with Crippen LogP contribution in [0, 0.1) is 0 Å². The molecule has 0 aliphatic carbocycles. The summed E-state index contributed by atoms with van der Waals surface area (Å²) in [4.78, 5) is 16.8. The van der Waals surface area contributed by atoms with Crippen LogP contribution in [0.3, 0.4) is 0 Å². The summed E-state index contributed by atoms with van der Waals surface area (Å²) in [6.45, 7) is 3.33. The Morgan fingerprint density at radius 2 is 1.83 bits per heavy atom. The van der Waals surface area contributed by atoms with Gasteiger partial charge in [0.05, 0.1) is 7.11 Å². The summed E-state index contributed by atoms with van der Waals surface area (Å²) in [6.07, 6.45) is 6.90. The van der Waals surface area contributed by atoms with Gasteiger partial charge in [0.15, 0.2) is 0 Å². The predicted octanol–water partition coefficient (Wildman–Crippen LogP) is 1.44. The average Bonchev–Trinajstić information content (AvgIpc) is 3.13. The fourth-order valence-corrected chi connectivity index (χ4v) is 5.10. The number of hydrogen-bond acceptors (Lipinski definition) is 5. The van der Waals surface area contributed by atoms with Crippen molar-refractivity contribution in [2.75, 3.05) is 33.3 Å². The average molecular weight is 355 g/mol. The number of nitrogens with one attached hydrogen (secondary N) is 1. The smallest absolute Gasteiger partial charge is 0.354 e. The van der Waals surface area contributed by atoms with E-state index in [1.165, 1.54) is 42.9 Å². The van der Waals surface area contributed by atoms with Crippen LogP contribution in [0.1, 0.15) is 42.6 Å². The second-order valence-electron chi connectivity index (χ2n) is 6.47. The molecule has 0 amide bonds. The third-order valence-corrected chi connectivity index (χ3v) is 6.91. The first-order valence-corrected chi connectivity index (χ1v) is 9.97. The van der Waals surface area contributed by atoms with Crippen molar-refractivity contribution in [3.63, 3.8) is 0 Å². The number of aromatic amines is 1. The number of hydrogen-bond donors (Lipinski definition) is 1. The first-order chi connectivity index (χ1) is 11.5. The van der Waals surface area contributed by atoms with Crippen molar-refractivity contribution in [2.45, 2.75) is 43.0 Å². The van der Waals surface area contributed by atoms with E-state index in [2.05, 4.69) is 14.6 Å². The van der Waals surface area contributed by atoms with Gasteiger partial charge < -0.3 is 14.6 Å². The normalized spacial score (nSPS) is 21.7. The molecule has 134 valence electrons. The number of methoxy groups -OCH3 is 1. The van der Waals surface area contributed by atoms with Crippen molar-refractivity contribution in [1.29, 1.82) is 0 Å². The minimum atomic E-state index is -3.56. The first kappa shape index (κ1) is 17.4. The van der Waals surface area contributed by atoms with Crippen LogP contribution in [-0.2, 0) is 14.8 Å².